The van der Waals surface area contributed by atoms with Gasteiger partial charge in [-0.3, -0.25) is 24.1 Å². The summed E-state index contributed by atoms with van der Waals surface area (Å²) < 4.78 is 6.00. The zero-order valence-electron chi connectivity index (χ0n) is 20.8. The molecule has 3 amide bonds. The first-order valence-electron chi connectivity index (χ1n) is 12.0. The van der Waals surface area contributed by atoms with Crippen molar-refractivity contribution in [2.75, 3.05) is 11.1 Å². The minimum atomic E-state index is -1.03. The second-order valence-electron chi connectivity index (χ2n) is 8.67. The van der Waals surface area contributed by atoms with E-state index in [1.807, 2.05) is 60.7 Å². The Balaban J connectivity index is 1.34. The summed E-state index contributed by atoms with van der Waals surface area (Å²) in [7, 11) is 0. The molecule has 5 rings (SSSR count). The van der Waals surface area contributed by atoms with Crippen LogP contribution in [0.5, 0.6) is 0 Å². The Hall–Kier alpha value is -4.55. The molecule has 0 saturated carbocycles. The van der Waals surface area contributed by atoms with Gasteiger partial charge in [-0.25, -0.2) is 9.78 Å². The number of allylic oxidation sites excluding steroid dienone is 1. The van der Waals surface area contributed by atoms with Crippen LogP contribution in [-0.4, -0.2) is 57.0 Å². The highest BCUT2D eigenvalue weighted by molar-refractivity contribution is 8.00. The smallest absolute Gasteiger partial charge is 0.356 e. The summed E-state index contributed by atoms with van der Waals surface area (Å²) in [5.74, 6) is -2.88. The number of anilines is 1. The number of amides is 3. The van der Waals surface area contributed by atoms with Gasteiger partial charge in [0.25, 0.3) is 17.6 Å². The SMILES string of the molecule is C=CC1=C(C(=O)OC(c2ccccc2)c2ccccc2)N2C(=O)C(NC(=O)C(=O)c3csc(NC=O)n3)[C@H]2SC1. The average molecular weight is 575 g/mol. The summed E-state index contributed by atoms with van der Waals surface area (Å²) in [6.07, 6.45) is 1.20. The number of benzene rings is 2. The summed E-state index contributed by atoms with van der Waals surface area (Å²) in [4.78, 5) is 67.8. The number of thiazole rings is 1. The molecule has 1 unspecified atom stereocenters. The van der Waals surface area contributed by atoms with Gasteiger partial charge in [0.05, 0.1) is 0 Å². The molecule has 2 aliphatic rings. The topological polar surface area (TPSA) is 135 Å². The number of rotatable bonds is 10. The zero-order valence-corrected chi connectivity index (χ0v) is 22.4. The number of ether oxygens (including phenoxy) is 1. The van der Waals surface area contributed by atoms with Gasteiger partial charge in [-0.1, -0.05) is 73.3 Å². The Bertz CT molecular complexity index is 1480. The second kappa shape index (κ2) is 11.7. The van der Waals surface area contributed by atoms with Gasteiger partial charge >= 0.3 is 5.97 Å². The van der Waals surface area contributed by atoms with Crippen LogP contribution < -0.4 is 10.6 Å². The van der Waals surface area contributed by atoms with Crippen LogP contribution in [0.3, 0.4) is 0 Å². The Labute approximate surface area is 237 Å². The van der Waals surface area contributed by atoms with Crippen molar-refractivity contribution in [1.82, 2.24) is 15.2 Å². The van der Waals surface area contributed by atoms with E-state index in [9.17, 15) is 24.0 Å². The fourth-order valence-corrected chi connectivity index (χ4v) is 6.34. The summed E-state index contributed by atoms with van der Waals surface area (Å²) in [6, 6.07) is 17.5. The van der Waals surface area contributed by atoms with E-state index in [2.05, 4.69) is 22.2 Å². The van der Waals surface area contributed by atoms with Crippen LogP contribution in [0.4, 0.5) is 5.13 Å². The third-order valence-electron chi connectivity index (χ3n) is 6.28. The highest BCUT2D eigenvalue weighted by Crippen LogP contribution is 2.41. The molecule has 3 aromatic rings. The van der Waals surface area contributed by atoms with Crippen molar-refractivity contribution >= 4 is 58.2 Å². The maximum absolute atomic E-state index is 13.6. The molecule has 3 heterocycles. The molecule has 0 bridgehead atoms. The Morgan fingerprint density at radius 3 is 2.33 bits per heavy atom. The number of Topliss-reactive ketones (excluding diaryl/α,β-unsaturated/α-hetero) is 1. The summed E-state index contributed by atoms with van der Waals surface area (Å²) >= 11 is 2.31. The van der Waals surface area contributed by atoms with Gasteiger partial charge in [-0.05, 0) is 16.7 Å². The standard InChI is InChI=1S/C28H22N4O6S2/c1-2-16-13-39-26-20(31-24(35)22(34)19-14-40-28(30-19)29-15-33)25(36)32(26)21(16)27(37)38-23(17-9-5-3-6-10-17)18-11-7-4-8-12-18/h2-12,14-15,20,23,26H,1,13H2,(H,31,35)(H,29,30,33)/t20?,26-/m1/s1. The van der Waals surface area contributed by atoms with Gasteiger partial charge in [-0.2, -0.15) is 0 Å². The molecule has 10 nitrogen and oxygen atoms in total. The quantitative estimate of drug-likeness (QED) is 0.124. The molecule has 40 heavy (non-hydrogen) atoms. The maximum Gasteiger partial charge on any atom is 0.356 e. The fourth-order valence-electron chi connectivity index (χ4n) is 4.35. The van der Waals surface area contributed by atoms with E-state index in [0.29, 0.717) is 17.7 Å². The van der Waals surface area contributed by atoms with Crippen LogP contribution in [0.25, 0.3) is 0 Å². The predicted molar refractivity (Wildman–Crippen MR) is 149 cm³/mol. The molecule has 202 valence electrons. The first-order chi connectivity index (χ1) is 19.4. The van der Waals surface area contributed by atoms with Crippen molar-refractivity contribution in [3.8, 4) is 0 Å². The number of hydrogen-bond acceptors (Lipinski definition) is 9. The van der Waals surface area contributed by atoms with Crippen molar-refractivity contribution in [1.29, 1.82) is 0 Å². The third-order valence-corrected chi connectivity index (χ3v) is 8.35. The zero-order chi connectivity index (χ0) is 28.2. The average Bonchev–Trinajstić information content (AvgIpc) is 3.46. The minimum Gasteiger partial charge on any atom is -0.448 e. The normalized spacial score (nSPS) is 17.9. The van der Waals surface area contributed by atoms with E-state index < -0.39 is 41.1 Å². The molecular formula is C28H22N4O6S2. The first-order valence-corrected chi connectivity index (χ1v) is 14.0. The molecule has 2 atom stereocenters. The van der Waals surface area contributed by atoms with Crippen molar-refractivity contribution in [2.24, 2.45) is 0 Å². The monoisotopic (exact) mass is 574 g/mol. The number of β-lactam (4-membered cyclic amide) rings is 1. The summed E-state index contributed by atoms with van der Waals surface area (Å²) in [5.41, 5.74) is 1.95. The molecule has 0 spiro atoms. The highest BCUT2D eigenvalue weighted by Gasteiger charge is 2.54. The molecule has 0 radical (unpaired) electrons. The van der Waals surface area contributed by atoms with Crippen molar-refractivity contribution in [2.45, 2.75) is 17.5 Å². The molecule has 0 aliphatic carbocycles. The number of fused-ring (bicyclic) bond motifs is 1. The van der Waals surface area contributed by atoms with Gasteiger partial charge in [0.15, 0.2) is 11.2 Å². The fraction of sp³-hybridized carbons (Fsp3) is 0.143. The second-order valence-corrected chi connectivity index (χ2v) is 10.6. The highest BCUT2D eigenvalue weighted by atomic mass is 32.2. The Morgan fingerprint density at radius 1 is 1.07 bits per heavy atom. The Kier molecular flexibility index (Phi) is 7.89. The van der Waals surface area contributed by atoms with Gasteiger partial charge in [0, 0.05) is 11.1 Å². The van der Waals surface area contributed by atoms with Gasteiger partial charge in [0.1, 0.15) is 22.8 Å². The molecule has 2 N–H and O–H groups in total. The molecule has 1 aromatic heterocycles. The number of carbonyl (C=O) groups excluding carboxylic acids is 5. The number of carbonyl (C=O) groups is 5. The largest absolute Gasteiger partial charge is 0.448 e. The van der Waals surface area contributed by atoms with Gasteiger partial charge < -0.3 is 15.4 Å². The lowest BCUT2D eigenvalue weighted by Gasteiger charge is -2.49. The lowest BCUT2D eigenvalue weighted by Crippen LogP contribution is -2.71. The van der Waals surface area contributed by atoms with Crippen molar-refractivity contribution in [3.05, 3.63) is 107 Å². The van der Waals surface area contributed by atoms with E-state index in [0.717, 1.165) is 22.5 Å². The summed E-state index contributed by atoms with van der Waals surface area (Å²) in [5, 5.41) is 5.65. The van der Waals surface area contributed by atoms with E-state index in [4.69, 9.17) is 4.74 Å². The molecule has 1 saturated heterocycles. The van der Waals surface area contributed by atoms with Crippen molar-refractivity contribution in [3.63, 3.8) is 0 Å². The lowest BCUT2D eigenvalue weighted by molar-refractivity contribution is -0.154. The van der Waals surface area contributed by atoms with E-state index in [1.165, 1.54) is 28.1 Å². The maximum atomic E-state index is 13.6. The van der Waals surface area contributed by atoms with Crippen LogP contribution >= 0.6 is 23.1 Å². The first kappa shape index (κ1) is 27.0. The van der Waals surface area contributed by atoms with E-state index >= 15 is 0 Å². The van der Waals surface area contributed by atoms with Crippen LogP contribution in [0.2, 0.25) is 0 Å². The number of thioether (sulfide) groups is 1. The van der Waals surface area contributed by atoms with Gasteiger partial charge in [-0.15, -0.1) is 23.1 Å². The number of esters is 1. The predicted octanol–water partition coefficient (Wildman–Crippen LogP) is 3.07. The number of aromatic nitrogens is 1. The van der Waals surface area contributed by atoms with Crippen LogP contribution in [0.1, 0.15) is 27.7 Å². The number of ketones is 1. The van der Waals surface area contributed by atoms with Crippen LogP contribution in [0, 0.1) is 0 Å². The minimum absolute atomic E-state index is 0.0570. The lowest BCUT2D eigenvalue weighted by atomic mass is 10.0. The number of hydrogen-bond donors (Lipinski definition) is 2. The molecule has 2 aromatic carbocycles. The molecular weight excluding hydrogens is 552 g/mol. The van der Waals surface area contributed by atoms with E-state index in [1.54, 1.807) is 0 Å². The number of nitrogens with zero attached hydrogens (tertiary/aromatic N) is 2. The molecule has 1 fully saturated rings. The summed E-state index contributed by atoms with van der Waals surface area (Å²) in [6.45, 7) is 3.80. The third kappa shape index (κ3) is 5.18. The molecule has 12 heteroatoms. The molecule has 2 aliphatic heterocycles. The Morgan fingerprint density at radius 2 is 1.73 bits per heavy atom. The van der Waals surface area contributed by atoms with Crippen molar-refractivity contribution < 1.29 is 28.7 Å². The van der Waals surface area contributed by atoms with E-state index in [-0.39, 0.29) is 16.5 Å². The van der Waals surface area contributed by atoms with Gasteiger partial charge in [0.2, 0.25) is 6.41 Å². The number of nitrogens with one attached hydrogen (secondary N) is 2. The van der Waals surface area contributed by atoms with Crippen LogP contribution in [0.15, 0.2) is 90.0 Å². The van der Waals surface area contributed by atoms with Crippen LogP contribution in [-0.2, 0) is 23.9 Å².